The van der Waals surface area contributed by atoms with Crippen LogP contribution in [-0.2, 0) is 17.7 Å². The zero-order valence-electron chi connectivity index (χ0n) is 13.2. The predicted octanol–water partition coefficient (Wildman–Crippen LogP) is 3.47. The molecule has 5 heteroatoms. The van der Waals surface area contributed by atoms with Crippen LogP contribution in [0.5, 0.6) is 0 Å². The maximum atomic E-state index is 10.7. The molecule has 20 heavy (non-hydrogen) atoms. The molecule has 0 aliphatic heterocycles. The predicted molar refractivity (Wildman–Crippen MR) is 85.0 cm³/mol. The van der Waals surface area contributed by atoms with Gasteiger partial charge in [0.25, 0.3) is 0 Å². The number of hydrogen-bond donors (Lipinski definition) is 1. The Balaban J connectivity index is 3.01. The smallest absolute Gasteiger partial charge is 0.0938 e. The van der Waals surface area contributed by atoms with Gasteiger partial charge in [0.15, 0.2) is 0 Å². The Kier molecular flexibility index (Phi) is 6.69. The molecule has 0 spiro atoms. The van der Waals surface area contributed by atoms with Crippen LogP contribution in [0.2, 0.25) is 0 Å². The van der Waals surface area contributed by atoms with Crippen LogP contribution in [0, 0.1) is 6.92 Å². The Labute approximate surface area is 130 Å². The second kappa shape index (κ2) is 7.57. The van der Waals surface area contributed by atoms with E-state index in [0.29, 0.717) is 13.0 Å². The highest BCUT2D eigenvalue weighted by atomic mass is 79.9. The lowest BCUT2D eigenvalue weighted by Gasteiger charge is -2.36. The molecule has 4 nitrogen and oxygen atoms in total. The number of aromatic nitrogens is 2. The minimum atomic E-state index is -0.532. The molecule has 1 unspecified atom stereocenters. The molecule has 1 aromatic rings. The van der Waals surface area contributed by atoms with Crippen molar-refractivity contribution >= 4 is 15.9 Å². The quantitative estimate of drug-likeness (QED) is 0.783. The van der Waals surface area contributed by atoms with E-state index in [1.165, 1.54) is 0 Å². The molecule has 0 aliphatic rings. The number of hydrogen-bond acceptors (Lipinski definition) is 3. The number of aliphatic hydroxyl groups excluding tert-OH is 1. The van der Waals surface area contributed by atoms with E-state index in [-0.39, 0.29) is 0 Å². The van der Waals surface area contributed by atoms with Crippen molar-refractivity contribution in [2.75, 3.05) is 6.61 Å². The second-order valence-electron chi connectivity index (χ2n) is 5.09. The molecule has 1 aromatic heterocycles. The third kappa shape index (κ3) is 3.43. The first-order chi connectivity index (χ1) is 9.45. The van der Waals surface area contributed by atoms with Crippen LogP contribution in [0.15, 0.2) is 4.47 Å². The molecule has 1 heterocycles. The van der Waals surface area contributed by atoms with Crippen LogP contribution in [0.25, 0.3) is 0 Å². The number of ether oxygens (including phenoxy) is 1. The van der Waals surface area contributed by atoms with Gasteiger partial charge >= 0.3 is 0 Å². The number of rotatable bonds is 8. The van der Waals surface area contributed by atoms with E-state index in [0.717, 1.165) is 35.2 Å². The van der Waals surface area contributed by atoms with E-state index in [1.54, 1.807) is 0 Å². The van der Waals surface area contributed by atoms with E-state index in [1.807, 2.05) is 18.5 Å². The van der Waals surface area contributed by atoms with Gasteiger partial charge in [0.1, 0.15) is 0 Å². The molecule has 0 saturated heterocycles. The fourth-order valence-electron chi connectivity index (χ4n) is 2.74. The molecular weight excluding hydrogens is 320 g/mol. The normalized spacial score (nSPS) is 13.8. The number of aryl methyl sites for hydroxylation is 2. The van der Waals surface area contributed by atoms with Gasteiger partial charge in [0.2, 0.25) is 0 Å². The van der Waals surface area contributed by atoms with E-state index < -0.39 is 11.7 Å². The minimum Gasteiger partial charge on any atom is -0.390 e. The van der Waals surface area contributed by atoms with Gasteiger partial charge < -0.3 is 9.84 Å². The van der Waals surface area contributed by atoms with Gasteiger partial charge in [-0.25, -0.2) is 0 Å². The molecular formula is C15H27BrN2O2. The van der Waals surface area contributed by atoms with Gasteiger partial charge in [0.05, 0.1) is 27.6 Å². The largest absolute Gasteiger partial charge is 0.390 e. The third-order valence-electron chi connectivity index (χ3n) is 4.08. The van der Waals surface area contributed by atoms with E-state index in [9.17, 15) is 5.11 Å². The zero-order valence-corrected chi connectivity index (χ0v) is 14.8. The Morgan fingerprint density at radius 2 is 1.90 bits per heavy atom. The van der Waals surface area contributed by atoms with Gasteiger partial charge in [-0.05, 0) is 49.5 Å². The molecule has 0 bridgehead atoms. The van der Waals surface area contributed by atoms with Crippen molar-refractivity contribution in [2.24, 2.45) is 0 Å². The lowest BCUT2D eigenvalue weighted by molar-refractivity contribution is -0.125. The van der Waals surface area contributed by atoms with Gasteiger partial charge in [-0.15, -0.1) is 0 Å². The Morgan fingerprint density at radius 3 is 2.35 bits per heavy atom. The summed E-state index contributed by atoms with van der Waals surface area (Å²) in [6.45, 7) is 11.6. The Morgan fingerprint density at radius 1 is 1.30 bits per heavy atom. The molecule has 0 aromatic carbocycles. The zero-order chi connectivity index (χ0) is 15.3. The fourth-order valence-corrected chi connectivity index (χ4v) is 3.19. The van der Waals surface area contributed by atoms with Gasteiger partial charge in [-0.3, -0.25) is 4.68 Å². The highest BCUT2D eigenvalue weighted by Crippen LogP contribution is 2.30. The summed E-state index contributed by atoms with van der Waals surface area (Å²) in [5, 5.41) is 15.2. The van der Waals surface area contributed by atoms with Crippen molar-refractivity contribution in [2.45, 2.75) is 72.1 Å². The van der Waals surface area contributed by atoms with Crippen LogP contribution in [0.4, 0.5) is 0 Å². The van der Waals surface area contributed by atoms with Gasteiger partial charge in [0, 0.05) is 19.6 Å². The van der Waals surface area contributed by atoms with Crippen molar-refractivity contribution in [3.05, 3.63) is 15.9 Å². The van der Waals surface area contributed by atoms with Crippen LogP contribution in [0.3, 0.4) is 0 Å². The fraction of sp³-hybridized carbons (Fsp3) is 0.800. The number of aliphatic hydroxyl groups is 1. The van der Waals surface area contributed by atoms with E-state index >= 15 is 0 Å². The van der Waals surface area contributed by atoms with Crippen molar-refractivity contribution in [3.63, 3.8) is 0 Å². The summed E-state index contributed by atoms with van der Waals surface area (Å²) in [4.78, 5) is 0. The first-order valence-corrected chi connectivity index (χ1v) is 8.28. The summed E-state index contributed by atoms with van der Waals surface area (Å²) in [6, 6.07) is 0. The van der Waals surface area contributed by atoms with Gasteiger partial charge in [-0.2, -0.15) is 5.10 Å². The lowest BCUT2D eigenvalue weighted by atomic mass is 9.87. The Hall–Kier alpha value is -0.390. The summed E-state index contributed by atoms with van der Waals surface area (Å²) < 4.78 is 8.83. The molecule has 0 amide bonds. The number of nitrogens with zero attached hydrogens (tertiary/aromatic N) is 2. The van der Waals surface area contributed by atoms with Crippen molar-refractivity contribution in [1.82, 2.24) is 9.78 Å². The summed E-state index contributed by atoms with van der Waals surface area (Å²) in [6.07, 6.45) is 1.62. The molecule has 0 fully saturated rings. The van der Waals surface area contributed by atoms with Crippen molar-refractivity contribution in [3.8, 4) is 0 Å². The topological polar surface area (TPSA) is 47.3 Å². The minimum absolute atomic E-state index is 0.467. The lowest BCUT2D eigenvalue weighted by Crippen LogP contribution is -2.45. The van der Waals surface area contributed by atoms with Crippen LogP contribution < -0.4 is 0 Å². The molecule has 0 saturated carbocycles. The highest BCUT2D eigenvalue weighted by Gasteiger charge is 2.36. The first-order valence-electron chi connectivity index (χ1n) is 7.49. The molecule has 0 radical (unpaired) electrons. The molecule has 0 aliphatic carbocycles. The molecule has 1 atom stereocenters. The third-order valence-corrected chi connectivity index (χ3v) is 5.11. The molecule has 1 rings (SSSR count). The summed E-state index contributed by atoms with van der Waals surface area (Å²) in [7, 11) is 0. The maximum absolute atomic E-state index is 10.7. The van der Waals surface area contributed by atoms with Crippen molar-refractivity contribution < 1.29 is 9.84 Å². The Bertz CT molecular complexity index is 428. The number of halogens is 1. The molecule has 116 valence electrons. The van der Waals surface area contributed by atoms with E-state index in [2.05, 4.69) is 41.8 Å². The van der Waals surface area contributed by atoms with Crippen LogP contribution >= 0.6 is 15.9 Å². The van der Waals surface area contributed by atoms with Crippen molar-refractivity contribution in [1.29, 1.82) is 0 Å². The molecule has 1 N–H and O–H groups in total. The average molecular weight is 347 g/mol. The second-order valence-corrected chi connectivity index (χ2v) is 5.88. The summed E-state index contributed by atoms with van der Waals surface area (Å²) >= 11 is 3.58. The van der Waals surface area contributed by atoms with E-state index in [4.69, 9.17) is 4.74 Å². The average Bonchev–Trinajstić information content (AvgIpc) is 2.72. The summed E-state index contributed by atoms with van der Waals surface area (Å²) in [5.41, 5.74) is 1.54. The SMILES string of the molecule is CCOC(CC)(CC)C(O)Cc1c(Br)c(C)nn1CC. The standard InChI is InChI=1S/C15H27BrN2O2/c1-6-15(7-2,20-9-4)13(19)10-12-14(16)11(5)17-18(12)8-3/h13,19H,6-10H2,1-5H3. The van der Waals surface area contributed by atoms with Gasteiger partial charge in [-0.1, -0.05) is 13.8 Å². The van der Waals surface area contributed by atoms with Crippen LogP contribution in [-0.4, -0.2) is 33.2 Å². The summed E-state index contributed by atoms with van der Waals surface area (Å²) in [5.74, 6) is 0. The van der Waals surface area contributed by atoms with Crippen LogP contribution in [0.1, 0.15) is 51.9 Å². The monoisotopic (exact) mass is 346 g/mol. The maximum Gasteiger partial charge on any atom is 0.0938 e. The highest BCUT2D eigenvalue weighted by molar-refractivity contribution is 9.10. The first kappa shape index (κ1) is 17.7.